The number of aliphatic hydroxyl groups is 1. The van der Waals surface area contributed by atoms with Crippen molar-refractivity contribution in [3.8, 4) is 17.2 Å². The molecule has 0 radical (unpaired) electrons. The van der Waals surface area contributed by atoms with E-state index in [1.807, 2.05) is 31.2 Å². The number of aliphatic hydroxyl groups excluding tert-OH is 1. The number of hydrogen-bond donors (Lipinski definition) is 1. The van der Waals surface area contributed by atoms with Gasteiger partial charge in [-0.25, -0.2) is 4.98 Å². The lowest BCUT2D eigenvalue weighted by Crippen LogP contribution is -2.04. The van der Waals surface area contributed by atoms with E-state index in [0.717, 1.165) is 23.3 Å². The Hall–Kier alpha value is -3.06. The van der Waals surface area contributed by atoms with E-state index < -0.39 is 11.7 Å². The fraction of sp³-hybridized carbons (Fsp3) is 0.227. The summed E-state index contributed by atoms with van der Waals surface area (Å²) in [7, 11) is 0. The molecule has 0 aliphatic heterocycles. The lowest BCUT2D eigenvalue weighted by molar-refractivity contribution is -0.137. The van der Waals surface area contributed by atoms with Crippen LogP contribution in [0, 0.1) is 6.92 Å². The van der Waals surface area contributed by atoms with Gasteiger partial charge in [-0.2, -0.15) is 13.2 Å². The van der Waals surface area contributed by atoms with Gasteiger partial charge in [0.2, 0.25) is 5.89 Å². The number of para-hydroxylation sites is 1. The number of oxazole rings is 1. The Labute approximate surface area is 166 Å². The van der Waals surface area contributed by atoms with Gasteiger partial charge in [0, 0.05) is 11.1 Å². The zero-order valence-electron chi connectivity index (χ0n) is 16.0. The van der Waals surface area contributed by atoms with E-state index in [1.165, 1.54) is 12.1 Å². The number of benzene rings is 2. The molecule has 2 aromatic carbocycles. The third kappa shape index (κ3) is 4.86. The van der Waals surface area contributed by atoms with E-state index in [9.17, 15) is 13.2 Å². The van der Waals surface area contributed by atoms with E-state index in [1.54, 1.807) is 13.0 Å². The van der Waals surface area contributed by atoms with Crippen LogP contribution >= 0.6 is 0 Å². The molecule has 0 aliphatic rings. The Morgan fingerprint density at radius 1 is 1.14 bits per heavy atom. The average Bonchev–Trinajstić information content (AvgIpc) is 3.07. The highest BCUT2D eigenvalue weighted by Crippen LogP contribution is 2.31. The van der Waals surface area contributed by atoms with Gasteiger partial charge in [-0.15, -0.1) is 0 Å². The van der Waals surface area contributed by atoms with Gasteiger partial charge in [0.25, 0.3) is 0 Å². The van der Waals surface area contributed by atoms with Crippen molar-refractivity contribution >= 4 is 5.57 Å². The lowest BCUT2D eigenvalue weighted by Gasteiger charge is -2.11. The van der Waals surface area contributed by atoms with Crippen LogP contribution < -0.4 is 4.74 Å². The summed E-state index contributed by atoms with van der Waals surface area (Å²) in [4.78, 5) is 4.37. The predicted octanol–water partition coefficient (Wildman–Crippen LogP) is 5.64. The molecule has 1 heterocycles. The smallest absolute Gasteiger partial charge is 0.416 e. The summed E-state index contributed by atoms with van der Waals surface area (Å²) in [6, 6.07) is 12.1. The van der Waals surface area contributed by atoms with Crippen molar-refractivity contribution < 1.29 is 27.4 Å². The number of alkyl halides is 3. The maximum atomic E-state index is 12.7. The summed E-state index contributed by atoms with van der Waals surface area (Å²) in [6.07, 6.45) is -2.70. The SMILES string of the molecule is C/C(=C\CO)c1ccccc1OCc1nc(-c2ccc(C(F)(F)F)cc2)oc1C. The molecule has 3 aromatic rings. The first-order valence-electron chi connectivity index (χ1n) is 8.93. The van der Waals surface area contributed by atoms with Crippen LogP contribution in [0.1, 0.15) is 29.5 Å². The van der Waals surface area contributed by atoms with Gasteiger partial charge < -0.3 is 14.3 Å². The van der Waals surface area contributed by atoms with Crippen LogP contribution in [0.15, 0.2) is 59.0 Å². The van der Waals surface area contributed by atoms with Crippen molar-refractivity contribution in [2.45, 2.75) is 26.6 Å². The highest BCUT2D eigenvalue weighted by atomic mass is 19.4. The summed E-state index contributed by atoms with van der Waals surface area (Å²) in [6.45, 7) is 3.67. The molecule has 0 atom stereocenters. The first-order valence-corrected chi connectivity index (χ1v) is 8.93. The van der Waals surface area contributed by atoms with Gasteiger partial charge in [-0.1, -0.05) is 24.3 Å². The van der Waals surface area contributed by atoms with Crippen molar-refractivity contribution in [3.63, 3.8) is 0 Å². The summed E-state index contributed by atoms with van der Waals surface area (Å²) >= 11 is 0. The fourth-order valence-electron chi connectivity index (χ4n) is 2.80. The average molecular weight is 403 g/mol. The molecule has 3 rings (SSSR count). The van der Waals surface area contributed by atoms with Crippen LogP contribution in [0.3, 0.4) is 0 Å². The predicted molar refractivity (Wildman–Crippen MR) is 103 cm³/mol. The van der Waals surface area contributed by atoms with Crippen LogP contribution in [0.25, 0.3) is 17.0 Å². The zero-order chi connectivity index (χ0) is 21.0. The minimum atomic E-state index is -4.39. The molecule has 1 N–H and O–H groups in total. The second-order valence-corrected chi connectivity index (χ2v) is 6.45. The monoisotopic (exact) mass is 403 g/mol. The zero-order valence-corrected chi connectivity index (χ0v) is 16.0. The normalized spacial score (nSPS) is 12.3. The Balaban J connectivity index is 1.78. The molecular formula is C22H20F3NO3. The highest BCUT2D eigenvalue weighted by Gasteiger charge is 2.30. The van der Waals surface area contributed by atoms with Gasteiger partial charge >= 0.3 is 6.18 Å². The van der Waals surface area contributed by atoms with E-state index in [-0.39, 0.29) is 19.1 Å². The fourth-order valence-corrected chi connectivity index (χ4v) is 2.80. The molecule has 0 saturated heterocycles. The van der Waals surface area contributed by atoms with Crippen molar-refractivity contribution in [2.24, 2.45) is 0 Å². The third-order valence-electron chi connectivity index (χ3n) is 4.43. The second kappa shape index (κ2) is 8.53. The standard InChI is InChI=1S/C22H20F3NO3/c1-14(11-12-27)18-5-3-4-6-20(18)28-13-19-15(2)29-21(26-19)16-7-9-17(10-8-16)22(23,24)25/h3-11,27H,12-13H2,1-2H3/b14-11+. The van der Waals surface area contributed by atoms with Crippen LogP contribution in [-0.2, 0) is 12.8 Å². The van der Waals surface area contributed by atoms with Crippen molar-refractivity contribution in [1.82, 2.24) is 4.98 Å². The minimum absolute atomic E-state index is 0.0704. The molecule has 29 heavy (non-hydrogen) atoms. The molecule has 1 aromatic heterocycles. The summed E-state index contributed by atoms with van der Waals surface area (Å²) in [5.41, 5.74) is 2.01. The number of rotatable bonds is 6. The summed E-state index contributed by atoms with van der Waals surface area (Å²) in [5, 5.41) is 9.10. The first-order chi connectivity index (χ1) is 13.8. The number of aryl methyl sites for hydroxylation is 1. The topological polar surface area (TPSA) is 55.5 Å². The molecule has 0 saturated carbocycles. The molecule has 0 spiro atoms. The quantitative estimate of drug-likeness (QED) is 0.578. The molecule has 4 nitrogen and oxygen atoms in total. The number of nitrogens with zero attached hydrogens (tertiary/aromatic N) is 1. The van der Waals surface area contributed by atoms with Crippen LogP contribution in [0.5, 0.6) is 5.75 Å². The van der Waals surface area contributed by atoms with Gasteiger partial charge in [0.1, 0.15) is 23.8 Å². The van der Waals surface area contributed by atoms with Gasteiger partial charge in [-0.3, -0.25) is 0 Å². The first kappa shape index (κ1) is 20.7. The Bertz CT molecular complexity index is 1000. The van der Waals surface area contributed by atoms with E-state index in [0.29, 0.717) is 22.8 Å². The maximum Gasteiger partial charge on any atom is 0.416 e. The highest BCUT2D eigenvalue weighted by molar-refractivity contribution is 5.69. The van der Waals surface area contributed by atoms with Crippen LogP contribution in [-0.4, -0.2) is 16.7 Å². The largest absolute Gasteiger partial charge is 0.487 e. The molecule has 0 aliphatic carbocycles. The molecule has 0 fully saturated rings. The maximum absolute atomic E-state index is 12.7. The van der Waals surface area contributed by atoms with Crippen LogP contribution in [0.2, 0.25) is 0 Å². The van der Waals surface area contributed by atoms with Crippen LogP contribution in [0.4, 0.5) is 13.2 Å². The molecular weight excluding hydrogens is 383 g/mol. The number of ether oxygens (including phenoxy) is 1. The minimum Gasteiger partial charge on any atom is -0.487 e. The van der Waals surface area contributed by atoms with Gasteiger partial charge in [0.05, 0.1) is 12.2 Å². The van der Waals surface area contributed by atoms with Crippen molar-refractivity contribution in [3.05, 3.63) is 77.2 Å². The van der Waals surface area contributed by atoms with Crippen molar-refractivity contribution in [1.29, 1.82) is 0 Å². The van der Waals surface area contributed by atoms with E-state index in [2.05, 4.69) is 4.98 Å². The number of aromatic nitrogens is 1. The van der Waals surface area contributed by atoms with Gasteiger partial charge in [-0.05, 0) is 49.8 Å². The van der Waals surface area contributed by atoms with E-state index in [4.69, 9.17) is 14.3 Å². The van der Waals surface area contributed by atoms with Gasteiger partial charge in [0.15, 0.2) is 0 Å². The molecule has 7 heteroatoms. The Morgan fingerprint density at radius 3 is 2.48 bits per heavy atom. The number of hydrogen-bond acceptors (Lipinski definition) is 4. The Morgan fingerprint density at radius 2 is 1.83 bits per heavy atom. The molecule has 152 valence electrons. The van der Waals surface area contributed by atoms with Crippen molar-refractivity contribution in [2.75, 3.05) is 6.61 Å². The molecule has 0 amide bonds. The summed E-state index contributed by atoms with van der Waals surface area (Å²) in [5.74, 6) is 1.40. The Kier molecular flexibility index (Phi) is 6.08. The molecule has 0 unspecified atom stereocenters. The molecule has 0 bridgehead atoms. The third-order valence-corrected chi connectivity index (χ3v) is 4.43. The second-order valence-electron chi connectivity index (χ2n) is 6.45. The van der Waals surface area contributed by atoms with E-state index >= 15 is 0 Å². The lowest BCUT2D eigenvalue weighted by atomic mass is 10.1. The number of allylic oxidation sites excluding steroid dienone is 1. The number of halogens is 3. The summed E-state index contributed by atoms with van der Waals surface area (Å²) < 4.78 is 49.7.